The maximum atomic E-state index is 12.7. The number of phosphoric acid groups is 1. The van der Waals surface area contributed by atoms with Gasteiger partial charge in [-0.1, -0.05) is 0 Å². The highest BCUT2D eigenvalue weighted by Crippen LogP contribution is 2.49. The Labute approximate surface area is 221 Å². The molecule has 2 aliphatic heterocycles. The molecule has 2 saturated heterocycles. The molecule has 10 N–H and O–H groups in total. The number of fused-ring (bicyclic) bond motifs is 1. The van der Waals surface area contributed by atoms with E-state index < -0.39 is 81.4 Å². The summed E-state index contributed by atoms with van der Waals surface area (Å²) in [5, 5.41) is 41.3. The first-order valence-corrected chi connectivity index (χ1v) is 12.9. The van der Waals surface area contributed by atoms with Crippen LogP contribution in [0.15, 0.2) is 22.2 Å². The second-order valence-corrected chi connectivity index (χ2v) is 10.2. The van der Waals surface area contributed by atoms with E-state index in [1.54, 1.807) is 0 Å². The summed E-state index contributed by atoms with van der Waals surface area (Å²) in [6.45, 7) is -1.59. The molecular weight excluding hydrogens is 565 g/mol. The fraction of sp³-hybridized carbons (Fsp3) is 0.556. The summed E-state index contributed by atoms with van der Waals surface area (Å²) in [5.74, 6) is -0.576. The Morgan fingerprint density at radius 1 is 1.00 bits per heavy atom. The lowest BCUT2D eigenvalue weighted by atomic mass is 10.1. The molecule has 21 nitrogen and oxygen atoms in total. The highest BCUT2D eigenvalue weighted by Gasteiger charge is 2.50. The van der Waals surface area contributed by atoms with Crippen molar-refractivity contribution in [2.75, 3.05) is 24.7 Å². The van der Waals surface area contributed by atoms with Crippen LogP contribution >= 0.6 is 7.82 Å². The summed E-state index contributed by atoms with van der Waals surface area (Å²) < 4.78 is 35.5. The Morgan fingerprint density at radius 3 is 2.38 bits per heavy atom. The minimum atomic E-state index is -5.05. The third kappa shape index (κ3) is 5.10. The number of nitrogen functional groups attached to an aromatic ring is 2. The summed E-state index contributed by atoms with van der Waals surface area (Å²) in [5.41, 5.74) is 9.13. The number of anilines is 2. The van der Waals surface area contributed by atoms with E-state index in [0.717, 1.165) is 21.8 Å². The average Bonchev–Trinajstić information content (AvgIpc) is 3.53. The van der Waals surface area contributed by atoms with E-state index in [9.17, 15) is 39.5 Å². The van der Waals surface area contributed by atoms with Crippen LogP contribution < -0.4 is 22.7 Å². The van der Waals surface area contributed by atoms with Gasteiger partial charge in [-0.3, -0.25) is 28.0 Å². The predicted octanol–water partition coefficient (Wildman–Crippen LogP) is -4.69. The zero-order chi connectivity index (χ0) is 28.9. The van der Waals surface area contributed by atoms with Gasteiger partial charge in [0, 0.05) is 0 Å². The van der Waals surface area contributed by atoms with Gasteiger partial charge in [-0.25, -0.2) is 19.3 Å². The third-order valence-corrected chi connectivity index (χ3v) is 7.21. The number of nitrogens with two attached hydrogens (primary N) is 2. The van der Waals surface area contributed by atoms with Crippen LogP contribution in [0.5, 0.6) is 0 Å². The lowest BCUT2D eigenvalue weighted by Gasteiger charge is -2.23. The topological polar surface area (TPSA) is 319 Å². The molecule has 9 atom stereocenters. The molecule has 0 bridgehead atoms. The van der Waals surface area contributed by atoms with E-state index in [1.807, 2.05) is 0 Å². The van der Waals surface area contributed by atoms with Crippen molar-refractivity contribution in [3.05, 3.63) is 33.5 Å². The molecule has 0 aliphatic carbocycles. The highest BCUT2D eigenvalue weighted by molar-refractivity contribution is 7.47. The van der Waals surface area contributed by atoms with Crippen molar-refractivity contribution >= 4 is 30.9 Å². The monoisotopic (exact) mass is 589 g/mol. The molecule has 3 aromatic rings. The van der Waals surface area contributed by atoms with E-state index in [-0.39, 0.29) is 23.1 Å². The van der Waals surface area contributed by atoms with Crippen LogP contribution in [0.4, 0.5) is 11.9 Å². The van der Waals surface area contributed by atoms with E-state index >= 15 is 0 Å². The summed E-state index contributed by atoms with van der Waals surface area (Å²) in [4.78, 5) is 51.5. The first kappa shape index (κ1) is 28.2. The number of phosphoric ester groups is 1. The molecule has 5 heterocycles. The zero-order valence-electron chi connectivity index (χ0n) is 20.1. The van der Waals surface area contributed by atoms with Crippen molar-refractivity contribution in [2.24, 2.45) is 0 Å². The van der Waals surface area contributed by atoms with Crippen LogP contribution in [0.3, 0.4) is 0 Å². The van der Waals surface area contributed by atoms with Crippen molar-refractivity contribution in [3.63, 3.8) is 0 Å². The number of nitrogens with zero attached hydrogens (tertiary/aromatic N) is 6. The Hall–Kier alpha value is -3.37. The number of aliphatic hydroxyl groups is 4. The molecule has 2 fully saturated rings. The van der Waals surface area contributed by atoms with Crippen molar-refractivity contribution in [3.8, 4) is 0 Å². The van der Waals surface area contributed by atoms with E-state index in [1.165, 1.54) is 0 Å². The van der Waals surface area contributed by atoms with Gasteiger partial charge in [0.25, 0.3) is 5.56 Å². The van der Waals surface area contributed by atoms with Crippen LogP contribution in [0, 0.1) is 0 Å². The van der Waals surface area contributed by atoms with Gasteiger partial charge in [0.15, 0.2) is 23.6 Å². The molecule has 40 heavy (non-hydrogen) atoms. The van der Waals surface area contributed by atoms with Gasteiger partial charge in [-0.05, 0) is 0 Å². The van der Waals surface area contributed by atoms with Gasteiger partial charge in [-0.15, -0.1) is 0 Å². The first-order chi connectivity index (χ1) is 18.9. The zero-order valence-corrected chi connectivity index (χ0v) is 21.0. The average molecular weight is 589 g/mol. The minimum absolute atomic E-state index is 0.0549. The van der Waals surface area contributed by atoms with E-state index in [0.29, 0.717) is 0 Å². The maximum Gasteiger partial charge on any atom is 0.472 e. The van der Waals surface area contributed by atoms with Crippen molar-refractivity contribution in [2.45, 2.75) is 49.1 Å². The summed E-state index contributed by atoms with van der Waals surface area (Å²) in [6.07, 6.45) is -10.3. The predicted molar refractivity (Wildman–Crippen MR) is 127 cm³/mol. The molecule has 22 heteroatoms. The van der Waals surface area contributed by atoms with Gasteiger partial charge in [0.2, 0.25) is 11.9 Å². The Bertz CT molecular complexity index is 1560. The molecule has 218 valence electrons. The Kier molecular flexibility index (Phi) is 7.43. The number of hydrogen-bond donors (Lipinski definition) is 8. The second kappa shape index (κ2) is 10.6. The van der Waals surface area contributed by atoms with Crippen LogP contribution in [-0.2, 0) is 23.1 Å². The molecule has 0 saturated carbocycles. The van der Waals surface area contributed by atoms with Crippen molar-refractivity contribution in [1.82, 2.24) is 34.1 Å². The van der Waals surface area contributed by atoms with Crippen LogP contribution in [-0.4, -0.2) is 109 Å². The Morgan fingerprint density at radius 2 is 1.68 bits per heavy atom. The number of ether oxygens (including phenoxy) is 2. The fourth-order valence-electron chi connectivity index (χ4n) is 4.33. The highest BCUT2D eigenvalue weighted by atomic mass is 31.2. The molecule has 5 rings (SSSR count). The number of aromatic nitrogens is 7. The second-order valence-electron chi connectivity index (χ2n) is 8.80. The lowest BCUT2D eigenvalue weighted by Crippen LogP contribution is -2.38. The Balaban J connectivity index is 1.27. The number of imidazole rings is 1. The van der Waals surface area contributed by atoms with E-state index in [4.69, 9.17) is 30.0 Å². The van der Waals surface area contributed by atoms with E-state index in [2.05, 4.69) is 24.9 Å². The molecule has 0 amide bonds. The number of H-pyrrole nitrogens is 1. The quantitative estimate of drug-likeness (QED) is 0.114. The lowest BCUT2D eigenvalue weighted by molar-refractivity contribution is -0.0596. The number of aliphatic hydroxyl groups excluding tert-OH is 4. The van der Waals surface area contributed by atoms with Crippen LogP contribution in [0.2, 0.25) is 0 Å². The summed E-state index contributed by atoms with van der Waals surface area (Å²) >= 11 is 0. The minimum Gasteiger partial charge on any atom is -0.394 e. The smallest absolute Gasteiger partial charge is 0.394 e. The third-order valence-electron chi connectivity index (χ3n) is 6.23. The van der Waals surface area contributed by atoms with Gasteiger partial charge >= 0.3 is 13.5 Å². The molecular formula is C18H24N9O12P. The fourth-order valence-corrected chi connectivity index (χ4v) is 5.30. The summed E-state index contributed by atoms with van der Waals surface area (Å²) in [6, 6.07) is 0. The van der Waals surface area contributed by atoms with Crippen LogP contribution in [0.25, 0.3) is 11.2 Å². The van der Waals surface area contributed by atoms with Gasteiger partial charge in [0.05, 0.1) is 19.5 Å². The molecule has 0 radical (unpaired) electrons. The van der Waals surface area contributed by atoms with Crippen molar-refractivity contribution < 1.29 is 48.4 Å². The van der Waals surface area contributed by atoms with Crippen LogP contribution in [0.1, 0.15) is 12.5 Å². The van der Waals surface area contributed by atoms with Gasteiger partial charge < -0.3 is 46.3 Å². The van der Waals surface area contributed by atoms with Gasteiger partial charge in [0.1, 0.15) is 43.0 Å². The largest absolute Gasteiger partial charge is 0.472 e. The molecule has 0 spiro atoms. The molecule has 0 aromatic carbocycles. The number of hydrogen-bond acceptors (Lipinski definition) is 17. The molecule has 4 unspecified atom stereocenters. The SMILES string of the molecule is Nc1ncn([C@@H]2O[C@H](CO)C(OP(=O)(O)OC[C@H]3O[C@@H](n4cnc5c(=O)[nH]c(N)nc54)C(O)[C@H]3O)C2O)c(=O)n1. The van der Waals surface area contributed by atoms with Gasteiger partial charge in [-0.2, -0.15) is 9.97 Å². The summed E-state index contributed by atoms with van der Waals surface area (Å²) in [7, 11) is -5.05. The molecule has 2 aliphatic rings. The number of nitrogens with one attached hydrogen (secondary N) is 1. The maximum absolute atomic E-state index is 12.7. The molecule has 3 aromatic heterocycles. The van der Waals surface area contributed by atoms with Crippen molar-refractivity contribution in [1.29, 1.82) is 0 Å². The number of aromatic amines is 1. The first-order valence-electron chi connectivity index (χ1n) is 11.4. The number of rotatable bonds is 8. The normalized spacial score (nSPS) is 32.0. The standard InChI is InChI=1S/C18H24N9O12P/c19-16-22-4-27(18(33)25-16)15-10(31)11(5(1-28)37-15)39-40(34,35)36-2-6-8(29)9(30)14(38-6)26-3-21-7-12(26)23-17(20)24-13(7)32/h3-6,8-11,14-15,28-31H,1-2H2,(H,34,35)(H2,19,25,33)(H3,20,23,24,32)/t5-,6-,8+,9?,10?,11?,14-,15-/m1/s1.